The fourth-order valence-electron chi connectivity index (χ4n) is 1.41. The van der Waals surface area contributed by atoms with Gasteiger partial charge in [0.2, 0.25) is 5.91 Å². The third kappa shape index (κ3) is 3.07. The van der Waals surface area contributed by atoms with Crippen molar-refractivity contribution in [3.8, 4) is 0 Å². The highest BCUT2D eigenvalue weighted by molar-refractivity contribution is 5.95. The molecule has 1 rings (SSSR count). The third-order valence-corrected chi connectivity index (χ3v) is 2.15. The zero-order valence-electron chi connectivity index (χ0n) is 9.38. The van der Waals surface area contributed by atoms with E-state index in [-0.39, 0.29) is 23.6 Å². The van der Waals surface area contributed by atoms with Gasteiger partial charge in [0.15, 0.2) is 0 Å². The van der Waals surface area contributed by atoms with Gasteiger partial charge in [0, 0.05) is 6.54 Å². The number of nitrogens with zero attached hydrogens (tertiary/aromatic N) is 2. The molecule has 0 aromatic carbocycles. The number of anilines is 2. The quantitative estimate of drug-likeness (QED) is 0.645. The van der Waals surface area contributed by atoms with Crippen LogP contribution < -0.4 is 16.4 Å². The van der Waals surface area contributed by atoms with E-state index >= 15 is 0 Å². The van der Waals surface area contributed by atoms with Gasteiger partial charge in [-0.25, -0.2) is 9.78 Å². The molecule has 7 nitrogen and oxygen atoms in total. The molecule has 0 radical (unpaired) electrons. The molecule has 1 aromatic heterocycles. The monoisotopic (exact) mass is 238 g/mol. The van der Waals surface area contributed by atoms with Crippen LogP contribution in [0.3, 0.4) is 0 Å². The van der Waals surface area contributed by atoms with Gasteiger partial charge < -0.3 is 21.5 Å². The molecule has 92 valence electrons. The van der Waals surface area contributed by atoms with E-state index in [0.29, 0.717) is 6.54 Å². The number of hydrogen-bond donors (Lipinski definition) is 3. The number of carboxylic acids is 1. The second-order valence-corrected chi connectivity index (χ2v) is 3.43. The molecule has 0 fully saturated rings. The summed E-state index contributed by atoms with van der Waals surface area (Å²) in [5.41, 5.74) is 10.8. The van der Waals surface area contributed by atoms with Crippen LogP contribution in [0, 0.1) is 0 Å². The first-order chi connectivity index (χ1) is 7.95. The summed E-state index contributed by atoms with van der Waals surface area (Å²) in [5.74, 6) is -1.52. The fourth-order valence-corrected chi connectivity index (χ4v) is 1.41. The summed E-state index contributed by atoms with van der Waals surface area (Å²) in [6.07, 6.45) is 1.34. The molecule has 0 bridgehead atoms. The van der Waals surface area contributed by atoms with Gasteiger partial charge in [0.1, 0.15) is 11.4 Å². The van der Waals surface area contributed by atoms with Crippen LogP contribution in [0.1, 0.15) is 17.3 Å². The summed E-state index contributed by atoms with van der Waals surface area (Å²) in [4.78, 5) is 27.3. The molecule has 5 N–H and O–H groups in total. The van der Waals surface area contributed by atoms with Gasteiger partial charge in [-0.15, -0.1) is 0 Å². The molecule has 0 aliphatic carbocycles. The number of likely N-dealkylation sites (N-methyl/N-ethyl adjacent to an activating group) is 1. The number of carbonyl (C=O) groups excluding carboxylic acids is 1. The largest absolute Gasteiger partial charge is 0.478 e. The Hall–Kier alpha value is -2.31. The van der Waals surface area contributed by atoms with E-state index in [1.165, 1.54) is 17.2 Å². The number of rotatable bonds is 5. The Morgan fingerprint density at radius 1 is 1.53 bits per heavy atom. The van der Waals surface area contributed by atoms with Gasteiger partial charge in [-0.3, -0.25) is 4.79 Å². The number of nitrogen functional groups attached to an aromatic ring is 1. The van der Waals surface area contributed by atoms with Crippen molar-refractivity contribution < 1.29 is 14.7 Å². The summed E-state index contributed by atoms with van der Waals surface area (Å²) < 4.78 is 0. The zero-order chi connectivity index (χ0) is 13.0. The van der Waals surface area contributed by atoms with Crippen LogP contribution in [0.2, 0.25) is 0 Å². The van der Waals surface area contributed by atoms with Crippen molar-refractivity contribution >= 4 is 23.4 Å². The molecular formula is C10H14N4O3. The summed E-state index contributed by atoms with van der Waals surface area (Å²) in [6.45, 7) is 2.10. The van der Waals surface area contributed by atoms with Crippen molar-refractivity contribution in [3.63, 3.8) is 0 Å². The minimum Gasteiger partial charge on any atom is -0.478 e. The Balaban J connectivity index is 3.18. The smallest absolute Gasteiger partial charge is 0.339 e. The number of aromatic carboxylic acids is 1. The maximum absolute atomic E-state index is 11.0. The maximum Gasteiger partial charge on any atom is 0.339 e. The molecule has 1 heterocycles. The Morgan fingerprint density at radius 3 is 2.65 bits per heavy atom. The summed E-state index contributed by atoms with van der Waals surface area (Å²) >= 11 is 0. The first-order valence-corrected chi connectivity index (χ1v) is 4.97. The predicted molar refractivity (Wildman–Crippen MR) is 62.7 cm³/mol. The standard InChI is InChI=1S/C10H14N4O3/c1-2-14(5-8(12)15)9-7(10(16)17)3-6(11)4-13-9/h3-4H,2,5,11H2,1H3,(H2,12,15)(H,16,17). The molecule has 0 aliphatic rings. The van der Waals surface area contributed by atoms with Crippen LogP contribution in [0.5, 0.6) is 0 Å². The van der Waals surface area contributed by atoms with Crippen LogP contribution in [0.15, 0.2) is 12.3 Å². The highest BCUT2D eigenvalue weighted by Gasteiger charge is 2.18. The number of aromatic nitrogens is 1. The van der Waals surface area contributed by atoms with Crippen LogP contribution in [-0.4, -0.2) is 35.1 Å². The lowest BCUT2D eigenvalue weighted by atomic mass is 10.2. The molecule has 1 aromatic rings. The van der Waals surface area contributed by atoms with Crippen molar-refractivity contribution in [1.29, 1.82) is 0 Å². The second kappa shape index (κ2) is 5.15. The molecule has 0 spiro atoms. The van der Waals surface area contributed by atoms with Gasteiger partial charge >= 0.3 is 5.97 Å². The number of primary amides is 1. The van der Waals surface area contributed by atoms with Crippen LogP contribution >= 0.6 is 0 Å². The normalized spacial score (nSPS) is 9.94. The van der Waals surface area contributed by atoms with Gasteiger partial charge in [-0.2, -0.15) is 0 Å². The Morgan fingerprint density at radius 2 is 2.18 bits per heavy atom. The lowest BCUT2D eigenvalue weighted by Gasteiger charge is -2.21. The highest BCUT2D eigenvalue weighted by atomic mass is 16.4. The zero-order valence-corrected chi connectivity index (χ0v) is 9.38. The number of carboxylic acid groups (broad SMARTS) is 1. The van der Waals surface area contributed by atoms with E-state index in [0.717, 1.165) is 0 Å². The molecule has 17 heavy (non-hydrogen) atoms. The van der Waals surface area contributed by atoms with Crippen LogP contribution in [-0.2, 0) is 4.79 Å². The van der Waals surface area contributed by atoms with E-state index in [4.69, 9.17) is 16.6 Å². The lowest BCUT2D eigenvalue weighted by molar-refractivity contribution is -0.116. The molecular weight excluding hydrogens is 224 g/mol. The number of amides is 1. The third-order valence-electron chi connectivity index (χ3n) is 2.15. The Kier molecular flexibility index (Phi) is 3.86. The topological polar surface area (TPSA) is 123 Å². The van der Waals surface area contributed by atoms with Gasteiger partial charge in [0.25, 0.3) is 0 Å². The molecule has 0 unspecified atom stereocenters. The first-order valence-electron chi connectivity index (χ1n) is 4.97. The molecule has 0 atom stereocenters. The summed E-state index contributed by atoms with van der Waals surface area (Å²) in [5, 5.41) is 9.03. The first kappa shape index (κ1) is 12.8. The Bertz CT molecular complexity index is 447. The van der Waals surface area contributed by atoms with Crippen LogP contribution in [0.4, 0.5) is 11.5 Å². The maximum atomic E-state index is 11.0. The second-order valence-electron chi connectivity index (χ2n) is 3.43. The predicted octanol–water partition coefficient (Wildman–Crippen LogP) is -0.326. The van der Waals surface area contributed by atoms with Crippen molar-refractivity contribution in [2.24, 2.45) is 5.73 Å². The van der Waals surface area contributed by atoms with Gasteiger partial charge in [-0.05, 0) is 13.0 Å². The minimum atomic E-state index is -1.15. The highest BCUT2D eigenvalue weighted by Crippen LogP contribution is 2.19. The van der Waals surface area contributed by atoms with Crippen molar-refractivity contribution in [2.75, 3.05) is 23.7 Å². The number of nitrogens with two attached hydrogens (primary N) is 2. The van der Waals surface area contributed by atoms with Gasteiger partial charge in [0.05, 0.1) is 18.4 Å². The van der Waals surface area contributed by atoms with Crippen molar-refractivity contribution in [1.82, 2.24) is 4.98 Å². The number of hydrogen-bond acceptors (Lipinski definition) is 5. The molecule has 0 aliphatic heterocycles. The van der Waals surface area contributed by atoms with E-state index in [2.05, 4.69) is 4.98 Å². The summed E-state index contributed by atoms with van der Waals surface area (Å²) in [7, 11) is 0. The Labute approximate surface area is 98.0 Å². The fraction of sp³-hybridized carbons (Fsp3) is 0.300. The van der Waals surface area contributed by atoms with Crippen molar-refractivity contribution in [2.45, 2.75) is 6.92 Å². The summed E-state index contributed by atoms with van der Waals surface area (Å²) in [6, 6.07) is 1.30. The van der Waals surface area contributed by atoms with E-state index in [1.54, 1.807) is 6.92 Å². The van der Waals surface area contributed by atoms with Gasteiger partial charge in [-0.1, -0.05) is 0 Å². The number of pyridine rings is 1. The average Bonchev–Trinajstić information content (AvgIpc) is 2.25. The van der Waals surface area contributed by atoms with E-state index in [9.17, 15) is 9.59 Å². The SMILES string of the molecule is CCN(CC(N)=O)c1ncc(N)cc1C(=O)O. The average molecular weight is 238 g/mol. The lowest BCUT2D eigenvalue weighted by Crippen LogP contribution is -2.35. The van der Waals surface area contributed by atoms with Crippen LogP contribution in [0.25, 0.3) is 0 Å². The van der Waals surface area contributed by atoms with E-state index in [1.807, 2.05) is 0 Å². The number of carbonyl (C=O) groups is 2. The molecule has 0 saturated carbocycles. The molecule has 7 heteroatoms. The molecule has 1 amide bonds. The van der Waals surface area contributed by atoms with E-state index < -0.39 is 11.9 Å². The molecule has 0 saturated heterocycles. The van der Waals surface area contributed by atoms with Crippen molar-refractivity contribution in [3.05, 3.63) is 17.8 Å². The minimum absolute atomic E-state index is 0.0481.